The van der Waals surface area contributed by atoms with Gasteiger partial charge in [0.15, 0.2) is 11.4 Å². The van der Waals surface area contributed by atoms with Gasteiger partial charge >= 0.3 is 0 Å². The average Bonchev–Trinajstić information content (AvgIpc) is 2.79. The topological polar surface area (TPSA) is 80.7 Å². The molecule has 0 spiro atoms. The van der Waals surface area contributed by atoms with Gasteiger partial charge in [0.1, 0.15) is 30.2 Å². The predicted octanol–water partition coefficient (Wildman–Crippen LogP) is 5.99. The molecule has 0 radical (unpaired) electrons. The summed E-state index contributed by atoms with van der Waals surface area (Å²) in [5, 5.41) is 2.58. The number of benzene rings is 1. The predicted molar refractivity (Wildman–Crippen MR) is 128 cm³/mol. The second-order valence-corrected chi connectivity index (χ2v) is 11.7. The fraction of sp³-hybridized carbons (Fsp3) is 0.217. The lowest BCUT2D eigenvalue weighted by Gasteiger charge is -2.22. The first-order valence-electron chi connectivity index (χ1n) is 10.3. The fourth-order valence-electron chi connectivity index (χ4n) is 3.48. The van der Waals surface area contributed by atoms with E-state index >= 15 is 0 Å². The minimum Gasteiger partial charge on any atom is -0.370 e. The molecule has 3 aromatic heterocycles. The van der Waals surface area contributed by atoms with Crippen LogP contribution in [0.15, 0.2) is 42.7 Å². The number of alkyl halides is 2. The third-order valence-corrected chi connectivity index (χ3v) is 6.86. The molecular weight excluding hydrogens is 505 g/mol. The average molecular weight is 524 g/mol. The Bertz CT molecular complexity index is 1460. The number of aryl methyl sites for hydroxylation is 1. The summed E-state index contributed by atoms with van der Waals surface area (Å²) in [4.78, 5) is 16.6. The second kappa shape index (κ2) is 9.51. The van der Waals surface area contributed by atoms with Crippen molar-refractivity contribution in [2.45, 2.75) is 19.4 Å². The third-order valence-electron chi connectivity index (χ3n) is 5.20. The number of hydrogen-bond donors (Lipinski definition) is 1. The van der Waals surface area contributed by atoms with Crippen molar-refractivity contribution in [3.63, 3.8) is 0 Å². The van der Waals surface area contributed by atoms with Crippen LogP contribution in [-0.2, 0) is 4.57 Å². The van der Waals surface area contributed by atoms with E-state index in [0.717, 1.165) is 12.1 Å². The zero-order valence-corrected chi connectivity index (χ0v) is 20.4. The van der Waals surface area contributed by atoms with Crippen molar-refractivity contribution in [1.82, 2.24) is 19.9 Å². The van der Waals surface area contributed by atoms with Gasteiger partial charge in [0.25, 0.3) is 6.43 Å². The molecule has 1 aromatic carbocycles. The summed E-state index contributed by atoms with van der Waals surface area (Å²) in [5.74, 6) is -1.58. The first-order chi connectivity index (χ1) is 16.5. The second-order valence-electron chi connectivity index (χ2n) is 8.17. The molecule has 0 saturated heterocycles. The number of pyridine rings is 2. The molecule has 1 unspecified atom stereocenters. The zero-order chi connectivity index (χ0) is 25.5. The van der Waals surface area contributed by atoms with Crippen molar-refractivity contribution in [2.75, 3.05) is 18.6 Å². The highest BCUT2D eigenvalue weighted by atomic mass is 35.5. The molecule has 4 rings (SSSR count). The van der Waals surface area contributed by atoms with E-state index in [-0.39, 0.29) is 49.8 Å². The van der Waals surface area contributed by atoms with Crippen molar-refractivity contribution in [1.29, 1.82) is 0 Å². The molecule has 0 aliphatic carbocycles. The fourth-order valence-corrected chi connectivity index (χ4v) is 4.34. The van der Waals surface area contributed by atoms with Crippen LogP contribution in [0, 0.1) is 18.6 Å². The number of aromatic nitrogens is 4. The number of nitrogens with zero attached hydrogens (tertiary/aromatic N) is 4. The van der Waals surface area contributed by atoms with E-state index in [0.29, 0.717) is 0 Å². The van der Waals surface area contributed by atoms with Gasteiger partial charge in [-0.3, -0.25) is 0 Å². The lowest BCUT2D eigenvalue weighted by Crippen LogP contribution is -2.21. The van der Waals surface area contributed by atoms with Crippen molar-refractivity contribution in [3.05, 3.63) is 70.6 Å². The molecular formula is C23H19ClF4N5OP. The molecule has 12 heteroatoms. The first-order valence-corrected chi connectivity index (χ1v) is 13.3. The Morgan fingerprint density at radius 2 is 1.69 bits per heavy atom. The largest absolute Gasteiger partial charge is 0.370 e. The molecule has 1 N–H and O–H groups in total. The maximum absolute atomic E-state index is 15.0. The smallest absolute Gasteiger partial charge is 0.262 e. The number of nitrogens with one attached hydrogen (secondary N) is 1. The molecule has 4 aromatic rings. The lowest BCUT2D eigenvalue weighted by molar-refractivity contribution is 0.123. The summed E-state index contributed by atoms with van der Waals surface area (Å²) < 4.78 is 69.5. The molecule has 0 amide bonds. The summed E-state index contributed by atoms with van der Waals surface area (Å²) in [6.45, 7) is 4.53. The molecule has 182 valence electrons. The Morgan fingerprint density at radius 1 is 1.03 bits per heavy atom. The molecule has 1 atom stereocenters. The van der Waals surface area contributed by atoms with Gasteiger partial charge < -0.3 is 9.88 Å². The molecule has 6 nitrogen and oxygen atoms in total. The SMILES string of the molecule is Cc1nc2cc(F)c(-c3cnc(P(C)(C)=O)nc3)nc2c(NC(c2ccccc2F)C(F)F)c1Cl. The Hall–Kier alpha value is -3.10. The lowest BCUT2D eigenvalue weighted by atomic mass is 10.1. The summed E-state index contributed by atoms with van der Waals surface area (Å²) >= 11 is 6.40. The van der Waals surface area contributed by atoms with Gasteiger partial charge in [0.2, 0.25) is 0 Å². The van der Waals surface area contributed by atoms with Crippen molar-refractivity contribution in [3.8, 4) is 11.3 Å². The third kappa shape index (κ3) is 4.99. The molecule has 35 heavy (non-hydrogen) atoms. The highest BCUT2D eigenvalue weighted by molar-refractivity contribution is 7.69. The Kier molecular flexibility index (Phi) is 6.79. The quantitative estimate of drug-likeness (QED) is 0.247. The molecule has 0 fully saturated rings. The van der Waals surface area contributed by atoms with E-state index in [9.17, 15) is 22.1 Å². The number of anilines is 1. The molecule has 0 aliphatic rings. The molecule has 3 heterocycles. The van der Waals surface area contributed by atoms with Gasteiger partial charge in [-0.15, -0.1) is 0 Å². The van der Waals surface area contributed by atoms with E-state index in [1.54, 1.807) is 0 Å². The van der Waals surface area contributed by atoms with Gasteiger partial charge in [-0.2, -0.15) is 0 Å². The maximum atomic E-state index is 15.0. The van der Waals surface area contributed by atoms with Gasteiger partial charge in [-0.05, 0) is 26.3 Å². The van der Waals surface area contributed by atoms with Crippen LogP contribution in [0.25, 0.3) is 22.3 Å². The van der Waals surface area contributed by atoms with Crippen molar-refractivity contribution >= 4 is 41.0 Å². The standard InChI is InChI=1S/C23H19ClF4N5OP/c1-11-17(24)21(33-19(22(27)28)13-6-4-5-7-14(13)25)20-16(31-11)8-15(26)18(32-20)12-9-29-23(30-10-12)35(2,3)34/h4-10,19,22H,1-3H3,(H,31,33). The van der Waals surface area contributed by atoms with Crippen molar-refractivity contribution in [2.24, 2.45) is 0 Å². The Balaban J connectivity index is 1.88. The summed E-state index contributed by atoms with van der Waals surface area (Å²) in [7, 11) is -2.73. The van der Waals surface area contributed by atoms with Crippen LogP contribution in [-0.4, -0.2) is 39.7 Å². The summed E-state index contributed by atoms with van der Waals surface area (Å²) in [6.07, 6.45) is -0.459. The number of halogens is 5. The summed E-state index contributed by atoms with van der Waals surface area (Å²) in [6, 6.07) is 4.46. The highest BCUT2D eigenvalue weighted by Crippen LogP contribution is 2.38. The number of hydrogen-bond acceptors (Lipinski definition) is 6. The van der Waals surface area contributed by atoms with Crippen LogP contribution in [0.5, 0.6) is 0 Å². The van der Waals surface area contributed by atoms with Crippen LogP contribution in [0.2, 0.25) is 5.02 Å². The van der Waals surface area contributed by atoms with Gasteiger partial charge in [0.05, 0.1) is 21.9 Å². The first kappa shape index (κ1) is 25.0. The van der Waals surface area contributed by atoms with Crippen LogP contribution >= 0.6 is 18.7 Å². The molecule has 0 bridgehead atoms. The van der Waals surface area contributed by atoms with Crippen LogP contribution in [0.1, 0.15) is 17.3 Å². The molecule has 0 saturated carbocycles. The minimum atomic E-state index is -3.01. The van der Waals surface area contributed by atoms with Gasteiger partial charge in [-0.25, -0.2) is 37.5 Å². The van der Waals surface area contributed by atoms with E-state index < -0.39 is 31.2 Å². The van der Waals surface area contributed by atoms with Crippen molar-refractivity contribution < 1.29 is 22.1 Å². The van der Waals surface area contributed by atoms with Crippen LogP contribution in [0.4, 0.5) is 23.2 Å². The monoisotopic (exact) mass is 523 g/mol. The number of rotatable bonds is 6. The zero-order valence-electron chi connectivity index (χ0n) is 18.7. The molecule has 0 aliphatic heterocycles. The Morgan fingerprint density at radius 3 is 2.29 bits per heavy atom. The number of fused-ring (bicyclic) bond motifs is 1. The van der Waals surface area contributed by atoms with Crippen LogP contribution < -0.4 is 10.9 Å². The van der Waals surface area contributed by atoms with Gasteiger partial charge in [0, 0.05) is 29.6 Å². The van der Waals surface area contributed by atoms with E-state index in [4.69, 9.17) is 11.6 Å². The van der Waals surface area contributed by atoms with E-state index in [1.807, 2.05) is 0 Å². The Labute approximate surface area is 203 Å². The van der Waals surface area contributed by atoms with E-state index in [2.05, 4.69) is 25.3 Å². The maximum Gasteiger partial charge on any atom is 0.262 e. The summed E-state index contributed by atoms with van der Waals surface area (Å²) in [5.41, 5.74) is 0.0886. The highest BCUT2D eigenvalue weighted by Gasteiger charge is 2.28. The van der Waals surface area contributed by atoms with E-state index in [1.165, 1.54) is 50.8 Å². The normalized spacial score (nSPS) is 12.8. The van der Waals surface area contributed by atoms with Gasteiger partial charge in [-0.1, -0.05) is 29.8 Å². The minimum absolute atomic E-state index is 0.000259. The van der Waals surface area contributed by atoms with Crippen LogP contribution in [0.3, 0.4) is 0 Å².